The van der Waals surface area contributed by atoms with E-state index >= 15 is 0 Å². The highest BCUT2D eigenvalue weighted by atomic mass is 16.5. The predicted octanol–water partition coefficient (Wildman–Crippen LogP) is 4.58. The van der Waals surface area contributed by atoms with Crippen LogP contribution in [0.1, 0.15) is 51.5 Å². The number of ether oxygens (including phenoxy) is 1. The molecule has 1 aromatic heterocycles. The number of aryl methyl sites for hydroxylation is 1. The van der Waals surface area contributed by atoms with E-state index in [0.717, 1.165) is 12.0 Å². The highest BCUT2D eigenvalue weighted by molar-refractivity contribution is 5.69. The minimum atomic E-state index is -0.371. The Labute approximate surface area is 137 Å². The van der Waals surface area contributed by atoms with E-state index in [1.807, 2.05) is 12.1 Å². The van der Waals surface area contributed by atoms with Gasteiger partial charge in [0.15, 0.2) is 11.6 Å². The van der Waals surface area contributed by atoms with Gasteiger partial charge in [-0.25, -0.2) is 9.97 Å². The summed E-state index contributed by atoms with van der Waals surface area (Å²) in [6.07, 6.45) is 10.7. The summed E-state index contributed by atoms with van der Waals surface area (Å²) in [6.45, 7) is 3.59. The largest absolute Gasteiger partial charge is 0.423 e. The number of aromatic nitrogens is 2. The number of nitrogens with zero attached hydrogens (tertiary/aromatic N) is 2. The van der Waals surface area contributed by atoms with Crippen molar-refractivity contribution in [3.63, 3.8) is 0 Å². The second-order valence-electron chi connectivity index (χ2n) is 5.70. The average Bonchev–Trinajstić information content (AvgIpc) is 2.55. The molecule has 4 heteroatoms. The summed E-state index contributed by atoms with van der Waals surface area (Å²) in [7, 11) is 0. The third kappa shape index (κ3) is 5.81. The normalized spacial score (nSPS) is 10.5. The van der Waals surface area contributed by atoms with Crippen molar-refractivity contribution in [2.24, 2.45) is 0 Å². The average molecular weight is 312 g/mol. The van der Waals surface area contributed by atoms with Crippen LogP contribution in [-0.2, 0) is 11.2 Å². The topological polar surface area (TPSA) is 52.1 Å². The lowest BCUT2D eigenvalue weighted by molar-refractivity contribution is -0.131. The van der Waals surface area contributed by atoms with Crippen molar-refractivity contribution in [1.82, 2.24) is 9.97 Å². The van der Waals surface area contributed by atoms with Crippen molar-refractivity contribution in [2.75, 3.05) is 0 Å². The third-order valence-electron chi connectivity index (χ3n) is 3.67. The van der Waals surface area contributed by atoms with Gasteiger partial charge in [0, 0.05) is 12.5 Å². The van der Waals surface area contributed by atoms with Gasteiger partial charge in [-0.05, 0) is 18.4 Å². The second-order valence-corrected chi connectivity index (χ2v) is 5.70. The SMILES string of the molecule is CCCCCCCc1ccc(-c2ncc(OC(C)=O)cn2)cc1. The minimum absolute atomic E-state index is 0.366. The molecule has 0 saturated heterocycles. The first-order valence-corrected chi connectivity index (χ1v) is 8.29. The maximum Gasteiger partial charge on any atom is 0.308 e. The maximum absolute atomic E-state index is 10.9. The Hall–Kier alpha value is -2.23. The van der Waals surface area contributed by atoms with E-state index in [0.29, 0.717) is 11.6 Å². The van der Waals surface area contributed by atoms with E-state index in [-0.39, 0.29) is 5.97 Å². The molecule has 0 saturated carbocycles. The van der Waals surface area contributed by atoms with Crippen LogP contribution in [0, 0.1) is 0 Å². The van der Waals surface area contributed by atoms with E-state index in [9.17, 15) is 4.79 Å². The van der Waals surface area contributed by atoms with Gasteiger partial charge in [0.05, 0.1) is 12.4 Å². The van der Waals surface area contributed by atoms with Gasteiger partial charge in [0.1, 0.15) is 0 Å². The van der Waals surface area contributed by atoms with Gasteiger partial charge < -0.3 is 4.74 Å². The van der Waals surface area contributed by atoms with Crippen LogP contribution < -0.4 is 4.74 Å². The van der Waals surface area contributed by atoms with Crippen molar-refractivity contribution in [3.05, 3.63) is 42.2 Å². The molecule has 0 bridgehead atoms. The highest BCUT2D eigenvalue weighted by Crippen LogP contribution is 2.18. The number of carbonyl (C=O) groups is 1. The first-order chi connectivity index (χ1) is 11.2. The molecule has 0 N–H and O–H groups in total. The van der Waals surface area contributed by atoms with Gasteiger partial charge in [-0.1, -0.05) is 56.9 Å². The number of rotatable bonds is 8. The lowest BCUT2D eigenvalue weighted by atomic mass is 10.0. The van der Waals surface area contributed by atoms with Crippen LogP contribution in [0.4, 0.5) is 0 Å². The van der Waals surface area contributed by atoms with Crippen LogP contribution in [-0.4, -0.2) is 15.9 Å². The molecule has 0 aliphatic carbocycles. The molecule has 2 rings (SSSR count). The van der Waals surface area contributed by atoms with Gasteiger partial charge in [0.2, 0.25) is 0 Å². The van der Waals surface area contributed by atoms with Gasteiger partial charge in [-0.2, -0.15) is 0 Å². The Morgan fingerprint density at radius 1 is 1.00 bits per heavy atom. The summed E-state index contributed by atoms with van der Waals surface area (Å²) in [5.74, 6) is 0.630. The molecule has 4 nitrogen and oxygen atoms in total. The van der Waals surface area contributed by atoms with Crippen LogP contribution in [0.2, 0.25) is 0 Å². The Balaban J connectivity index is 1.90. The molecule has 2 aromatic rings. The van der Waals surface area contributed by atoms with E-state index in [4.69, 9.17) is 4.74 Å². The third-order valence-corrected chi connectivity index (χ3v) is 3.67. The van der Waals surface area contributed by atoms with Crippen molar-refractivity contribution >= 4 is 5.97 Å². The van der Waals surface area contributed by atoms with Crippen molar-refractivity contribution < 1.29 is 9.53 Å². The Morgan fingerprint density at radius 3 is 2.26 bits per heavy atom. The summed E-state index contributed by atoms with van der Waals surface area (Å²) in [6, 6.07) is 8.36. The molecule has 1 aromatic carbocycles. The summed E-state index contributed by atoms with van der Waals surface area (Å²) in [5.41, 5.74) is 2.32. The monoisotopic (exact) mass is 312 g/mol. The molecule has 0 aliphatic rings. The quantitative estimate of drug-likeness (QED) is 0.529. The maximum atomic E-state index is 10.9. The summed E-state index contributed by atoms with van der Waals surface area (Å²) < 4.78 is 4.93. The number of benzene rings is 1. The van der Waals surface area contributed by atoms with Crippen LogP contribution in [0.5, 0.6) is 5.75 Å². The van der Waals surface area contributed by atoms with Crippen molar-refractivity contribution in [3.8, 4) is 17.1 Å². The molecule has 0 atom stereocenters. The van der Waals surface area contributed by atoms with Crippen molar-refractivity contribution in [2.45, 2.75) is 52.4 Å². The molecule has 0 radical (unpaired) electrons. The molecule has 1 heterocycles. The lowest BCUT2D eigenvalue weighted by Gasteiger charge is -2.05. The molecule has 0 amide bonds. The van der Waals surface area contributed by atoms with Gasteiger partial charge in [-0.3, -0.25) is 4.79 Å². The molecule has 0 aliphatic heterocycles. The molecular formula is C19H24N2O2. The Morgan fingerprint density at radius 2 is 1.65 bits per heavy atom. The van der Waals surface area contributed by atoms with Crippen LogP contribution in [0.25, 0.3) is 11.4 Å². The van der Waals surface area contributed by atoms with Crippen molar-refractivity contribution in [1.29, 1.82) is 0 Å². The first-order valence-electron chi connectivity index (χ1n) is 8.29. The van der Waals surface area contributed by atoms with Crippen LogP contribution in [0.15, 0.2) is 36.7 Å². The fourth-order valence-corrected chi connectivity index (χ4v) is 2.44. The van der Waals surface area contributed by atoms with E-state index in [1.54, 1.807) is 0 Å². The van der Waals surface area contributed by atoms with Gasteiger partial charge >= 0.3 is 5.97 Å². The summed E-state index contributed by atoms with van der Waals surface area (Å²) in [4.78, 5) is 19.4. The smallest absolute Gasteiger partial charge is 0.308 e. The molecule has 0 fully saturated rings. The molecule has 0 spiro atoms. The van der Waals surface area contributed by atoms with E-state index < -0.39 is 0 Å². The zero-order valence-electron chi connectivity index (χ0n) is 13.9. The number of unbranched alkanes of at least 4 members (excludes halogenated alkanes) is 4. The fraction of sp³-hybridized carbons (Fsp3) is 0.421. The van der Waals surface area contributed by atoms with Gasteiger partial charge in [-0.15, -0.1) is 0 Å². The lowest BCUT2D eigenvalue weighted by Crippen LogP contribution is -2.02. The standard InChI is InChI=1S/C19H24N2O2/c1-3-4-5-6-7-8-16-9-11-17(12-10-16)19-20-13-18(14-21-19)23-15(2)22/h9-14H,3-8H2,1-2H3. The van der Waals surface area contributed by atoms with E-state index in [2.05, 4.69) is 29.0 Å². The molecule has 23 heavy (non-hydrogen) atoms. The fourth-order valence-electron chi connectivity index (χ4n) is 2.44. The summed E-state index contributed by atoms with van der Waals surface area (Å²) in [5, 5.41) is 0. The minimum Gasteiger partial charge on any atom is -0.423 e. The molecule has 0 unspecified atom stereocenters. The number of esters is 1. The predicted molar refractivity (Wildman–Crippen MR) is 91.2 cm³/mol. The summed E-state index contributed by atoms with van der Waals surface area (Å²) >= 11 is 0. The molecule has 122 valence electrons. The Bertz CT molecular complexity index is 606. The van der Waals surface area contributed by atoms with Gasteiger partial charge in [0.25, 0.3) is 0 Å². The highest BCUT2D eigenvalue weighted by Gasteiger charge is 2.04. The van der Waals surface area contributed by atoms with Crippen LogP contribution in [0.3, 0.4) is 0 Å². The van der Waals surface area contributed by atoms with E-state index in [1.165, 1.54) is 57.0 Å². The Kier molecular flexibility index (Phi) is 6.73. The van der Waals surface area contributed by atoms with Crippen LogP contribution >= 0.6 is 0 Å². The zero-order valence-corrected chi connectivity index (χ0v) is 13.9. The number of hydrogen-bond donors (Lipinski definition) is 0. The number of hydrogen-bond acceptors (Lipinski definition) is 4. The molecular weight excluding hydrogens is 288 g/mol. The number of carbonyl (C=O) groups excluding carboxylic acids is 1. The first kappa shape index (κ1) is 17.1. The zero-order chi connectivity index (χ0) is 16.5. The second kappa shape index (κ2) is 9.03.